The van der Waals surface area contributed by atoms with Crippen molar-refractivity contribution in [2.75, 3.05) is 38.0 Å². The summed E-state index contributed by atoms with van der Waals surface area (Å²) in [7, 11) is 0. The fraction of sp³-hybridized carbons (Fsp3) is 0.333. The molecule has 1 fully saturated rings. The minimum Gasteiger partial charge on any atom is -0.358 e. The second-order valence-corrected chi connectivity index (χ2v) is 10.2. The molecule has 0 unspecified atom stereocenters. The highest BCUT2D eigenvalue weighted by Gasteiger charge is 2.31. The lowest BCUT2D eigenvalue weighted by atomic mass is 9.94. The zero-order valence-corrected chi connectivity index (χ0v) is 21.1. The van der Waals surface area contributed by atoms with Gasteiger partial charge in [-0.05, 0) is 73.8 Å². The van der Waals surface area contributed by atoms with Crippen molar-refractivity contribution in [3.63, 3.8) is 0 Å². The Morgan fingerprint density at radius 3 is 2.59 bits per heavy atom. The van der Waals surface area contributed by atoms with E-state index in [-0.39, 0.29) is 17.6 Å². The number of carbonyl (C=O) groups is 2. The van der Waals surface area contributed by atoms with E-state index in [9.17, 15) is 14.0 Å². The molecule has 0 atom stereocenters. The highest BCUT2D eigenvalue weighted by atomic mass is 19.1. The van der Waals surface area contributed by atoms with E-state index < -0.39 is 0 Å². The first-order chi connectivity index (χ1) is 18.0. The van der Waals surface area contributed by atoms with Crippen LogP contribution in [0.4, 0.5) is 10.1 Å². The maximum atomic E-state index is 14.0. The lowest BCUT2D eigenvalue weighted by molar-refractivity contribution is -0.110. The van der Waals surface area contributed by atoms with Crippen LogP contribution < -0.4 is 5.32 Å². The Morgan fingerprint density at radius 1 is 0.973 bits per heavy atom. The number of aromatic nitrogens is 1. The highest BCUT2D eigenvalue weighted by Crippen LogP contribution is 2.41. The summed E-state index contributed by atoms with van der Waals surface area (Å²) in [6.07, 6.45) is 6.39. The van der Waals surface area contributed by atoms with Crippen LogP contribution in [-0.2, 0) is 11.2 Å². The maximum absolute atomic E-state index is 14.0. The SMILES string of the molecule is Cc1c(C=C2C(=O)Nc3cccc(-c4cccc(F)c4)c32)[nH]c2c1C(=O)N(CCN1CCCCC1)CC2. The van der Waals surface area contributed by atoms with Gasteiger partial charge in [0.05, 0.1) is 11.1 Å². The van der Waals surface area contributed by atoms with Crippen LogP contribution in [0.15, 0.2) is 42.5 Å². The number of hydrogen-bond acceptors (Lipinski definition) is 3. The van der Waals surface area contributed by atoms with Gasteiger partial charge in [-0.1, -0.05) is 30.7 Å². The number of likely N-dealkylation sites (tertiary alicyclic amines) is 1. The van der Waals surface area contributed by atoms with Gasteiger partial charge >= 0.3 is 0 Å². The van der Waals surface area contributed by atoms with E-state index in [1.54, 1.807) is 6.07 Å². The first-order valence-electron chi connectivity index (χ1n) is 13.1. The Morgan fingerprint density at radius 2 is 1.78 bits per heavy atom. The second kappa shape index (κ2) is 9.63. The zero-order valence-electron chi connectivity index (χ0n) is 21.1. The number of halogens is 1. The molecule has 2 N–H and O–H groups in total. The van der Waals surface area contributed by atoms with Gasteiger partial charge in [0.2, 0.25) is 0 Å². The number of nitrogens with one attached hydrogen (secondary N) is 2. The van der Waals surface area contributed by atoms with Crippen molar-refractivity contribution in [2.45, 2.75) is 32.6 Å². The van der Waals surface area contributed by atoms with Gasteiger partial charge in [0.15, 0.2) is 0 Å². The number of nitrogens with zero attached hydrogens (tertiary/aromatic N) is 2. The van der Waals surface area contributed by atoms with Crippen molar-refractivity contribution < 1.29 is 14.0 Å². The molecule has 2 aromatic carbocycles. The third kappa shape index (κ3) is 4.37. The number of aromatic amines is 1. The van der Waals surface area contributed by atoms with Gasteiger partial charge < -0.3 is 20.1 Å². The average Bonchev–Trinajstić information content (AvgIpc) is 3.40. The van der Waals surface area contributed by atoms with Crippen LogP contribution in [0.5, 0.6) is 0 Å². The number of anilines is 1. The summed E-state index contributed by atoms with van der Waals surface area (Å²) in [5.41, 5.74) is 6.74. The molecule has 0 saturated carbocycles. The Bertz CT molecular complexity index is 1420. The van der Waals surface area contributed by atoms with Crippen molar-refractivity contribution in [3.05, 3.63) is 76.4 Å². The molecule has 6 nitrogen and oxygen atoms in total. The summed E-state index contributed by atoms with van der Waals surface area (Å²) < 4.78 is 14.0. The van der Waals surface area contributed by atoms with Crippen molar-refractivity contribution in [1.29, 1.82) is 0 Å². The smallest absolute Gasteiger partial charge is 0.256 e. The Labute approximate surface area is 216 Å². The van der Waals surface area contributed by atoms with Crippen molar-refractivity contribution in [1.82, 2.24) is 14.8 Å². The number of H-pyrrole nitrogens is 1. The van der Waals surface area contributed by atoms with Gasteiger partial charge in [0.1, 0.15) is 5.82 Å². The third-order valence-corrected chi connectivity index (χ3v) is 7.88. The van der Waals surface area contributed by atoms with Gasteiger partial charge in [-0.15, -0.1) is 0 Å². The molecule has 37 heavy (non-hydrogen) atoms. The van der Waals surface area contributed by atoms with Gasteiger partial charge in [-0.25, -0.2) is 4.39 Å². The molecule has 3 aliphatic heterocycles. The molecule has 3 aromatic rings. The molecule has 4 heterocycles. The second-order valence-electron chi connectivity index (χ2n) is 10.2. The molecule has 2 amide bonds. The normalized spacial score (nSPS) is 18.8. The molecule has 0 bridgehead atoms. The van der Waals surface area contributed by atoms with E-state index in [2.05, 4.69) is 15.2 Å². The minimum atomic E-state index is -0.325. The molecule has 6 rings (SSSR count). The molecule has 3 aliphatic rings. The first-order valence-corrected chi connectivity index (χ1v) is 13.1. The predicted octanol–water partition coefficient (Wildman–Crippen LogP) is 5.11. The number of fused-ring (bicyclic) bond motifs is 2. The topological polar surface area (TPSA) is 68.4 Å². The van der Waals surface area contributed by atoms with E-state index in [1.807, 2.05) is 42.2 Å². The van der Waals surface area contributed by atoms with Gasteiger partial charge in [-0.3, -0.25) is 9.59 Å². The number of carbonyl (C=O) groups excluding carboxylic acids is 2. The Kier molecular flexibility index (Phi) is 6.16. The number of rotatable bonds is 5. The summed E-state index contributed by atoms with van der Waals surface area (Å²) in [5.74, 6) is -0.470. The molecule has 190 valence electrons. The van der Waals surface area contributed by atoms with Crippen LogP contribution in [0.2, 0.25) is 0 Å². The van der Waals surface area contributed by atoms with Crippen LogP contribution in [0.3, 0.4) is 0 Å². The van der Waals surface area contributed by atoms with Crippen molar-refractivity contribution in [3.8, 4) is 11.1 Å². The van der Waals surface area contributed by atoms with Crippen LogP contribution in [0, 0.1) is 12.7 Å². The van der Waals surface area contributed by atoms with Crippen molar-refractivity contribution >= 4 is 29.2 Å². The number of benzene rings is 2. The first kappa shape index (κ1) is 23.7. The summed E-state index contributed by atoms with van der Waals surface area (Å²) in [6.45, 7) is 6.54. The van der Waals surface area contributed by atoms with Gasteiger partial charge in [0.25, 0.3) is 11.8 Å². The minimum absolute atomic E-state index is 0.0633. The van der Waals surface area contributed by atoms with Gasteiger partial charge in [0, 0.05) is 48.7 Å². The summed E-state index contributed by atoms with van der Waals surface area (Å²) in [6, 6.07) is 12.0. The maximum Gasteiger partial charge on any atom is 0.256 e. The summed E-state index contributed by atoms with van der Waals surface area (Å²) in [4.78, 5) is 34.3. The lowest BCUT2D eigenvalue weighted by Gasteiger charge is -2.32. The molecule has 1 saturated heterocycles. The third-order valence-electron chi connectivity index (χ3n) is 7.88. The van der Waals surface area contributed by atoms with E-state index in [0.29, 0.717) is 23.4 Å². The molecular formula is C30H31FN4O2. The molecular weight excluding hydrogens is 467 g/mol. The lowest BCUT2D eigenvalue weighted by Crippen LogP contribution is -2.43. The summed E-state index contributed by atoms with van der Waals surface area (Å²) in [5, 5.41) is 2.94. The van der Waals surface area contributed by atoms with E-state index >= 15 is 0 Å². The largest absolute Gasteiger partial charge is 0.358 e. The van der Waals surface area contributed by atoms with Crippen LogP contribution >= 0.6 is 0 Å². The summed E-state index contributed by atoms with van der Waals surface area (Å²) >= 11 is 0. The van der Waals surface area contributed by atoms with E-state index in [4.69, 9.17) is 0 Å². The predicted molar refractivity (Wildman–Crippen MR) is 144 cm³/mol. The van der Waals surface area contributed by atoms with Crippen LogP contribution in [0.25, 0.3) is 22.8 Å². The molecule has 7 heteroatoms. The fourth-order valence-corrected chi connectivity index (χ4v) is 5.89. The average molecular weight is 499 g/mol. The van der Waals surface area contributed by atoms with Crippen molar-refractivity contribution in [2.24, 2.45) is 0 Å². The Balaban J connectivity index is 1.31. The van der Waals surface area contributed by atoms with E-state index in [0.717, 1.165) is 66.2 Å². The number of hydrogen-bond donors (Lipinski definition) is 2. The van der Waals surface area contributed by atoms with Gasteiger partial charge in [-0.2, -0.15) is 0 Å². The Hall–Kier alpha value is -3.71. The molecule has 1 aromatic heterocycles. The molecule has 0 spiro atoms. The van der Waals surface area contributed by atoms with E-state index in [1.165, 1.54) is 31.4 Å². The fourth-order valence-electron chi connectivity index (χ4n) is 5.89. The number of amides is 2. The quantitative estimate of drug-likeness (QED) is 0.481. The molecule has 0 aliphatic carbocycles. The highest BCUT2D eigenvalue weighted by molar-refractivity contribution is 6.36. The monoisotopic (exact) mass is 498 g/mol. The standard InChI is InChI=1S/C30H31FN4O2/c1-19-26(32-25-11-14-35(30(37)27(19)25)16-15-34-12-3-2-4-13-34)18-23-28-22(20-7-5-8-21(31)17-20)9-6-10-24(28)33-29(23)36/h5-10,17-18,32H,2-4,11-16H2,1H3,(H,33,36). The van der Waals surface area contributed by atoms with Crippen LogP contribution in [0.1, 0.15) is 52.1 Å². The zero-order chi connectivity index (χ0) is 25.5. The van der Waals surface area contributed by atoms with Crippen LogP contribution in [-0.4, -0.2) is 59.3 Å². The number of piperidine rings is 1. The molecule has 0 radical (unpaired) electrons.